The normalized spacial score (nSPS) is 18.8. The van der Waals surface area contributed by atoms with Gasteiger partial charge >= 0.3 is 0 Å². The number of benzene rings is 1. The molecule has 2 aliphatic rings. The van der Waals surface area contributed by atoms with Gasteiger partial charge in [-0.1, -0.05) is 6.07 Å². The second kappa shape index (κ2) is 6.55. The average molecular weight is 389 g/mol. The first-order valence-corrected chi connectivity index (χ1v) is 9.94. The number of rotatable bonds is 4. The Morgan fingerprint density at radius 2 is 2.14 bits per heavy atom. The fraction of sp³-hybridized carbons (Fsp3) is 0.409. The molecule has 148 valence electrons. The summed E-state index contributed by atoms with van der Waals surface area (Å²) < 4.78 is 5.87. The molecular weight excluding hydrogens is 366 g/mol. The number of aromatic nitrogens is 2. The van der Waals surface area contributed by atoms with E-state index in [1.807, 2.05) is 30.0 Å². The van der Waals surface area contributed by atoms with Crippen molar-refractivity contribution < 1.29 is 9.52 Å². The van der Waals surface area contributed by atoms with Gasteiger partial charge < -0.3 is 14.8 Å². The van der Waals surface area contributed by atoms with Crippen LogP contribution in [0.15, 0.2) is 28.9 Å². The van der Waals surface area contributed by atoms with Gasteiger partial charge in [0.2, 0.25) is 5.71 Å². The number of anilines is 1. The van der Waals surface area contributed by atoms with E-state index in [1.54, 1.807) is 0 Å². The molecule has 2 N–H and O–H groups in total. The van der Waals surface area contributed by atoms with Crippen molar-refractivity contribution >= 4 is 16.9 Å². The molecular formula is C22H23N5O2. The molecule has 1 saturated carbocycles. The van der Waals surface area contributed by atoms with Crippen molar-refractivity contribution in [1.82, 2.24) is 14.9 Å². The number of aliphatic hydroxyl groups excluding tert-OH is 1. The summed E-state index contributed by atoms with van der Waals surface area (Å²) >= 11 is 0. The van der Waals surface area contributed by atoms with Crippen LogP contribution in [0, 0.1) is 18.3 Å². The monoisotopic (exact) mass is 389 g/mol. The number of aliphatic hydroxyl groups is 1. The number of nitrogens with one attached hydrogen (secondary N) is 1. The van der Waals surface area contributed by atoms with E-state index in [9.17, 15) is 5.11 Å². The Labute approximate surface area is 169 Å². The van der Waals surface area contributed by atoms with Crippen LogP contribution in [-0.4, -0.2) is 32.1 Å². The lowest BCUT2D eigenvalue weighted by molar-refractivity contribution is -0.00779. The summed E-state index contributed by atoms with van der Waals surface area (Å²) in [4.78, 5) is 10.8. The van der Waals surface area contributed by atoms with Crippen LogP contribution in [0.25, 0.3) is 11.1 Å². The highest BCUT2D eigenvalue weighted by Crippen LogP contribution is 2.42. The van der Waals surface area contributed by atoms with Crippen molar-refractivity contribution in [2.75, 3.05) is 11.9 Å². The van der Waals surface area contributed by atoms with E-state index in [1.165, 1.54) is 11.9 Å². The predicted molar refractivity (Wildman–Crippen MR) is 108 cm³/mol. The van der Waals surface area contributed by atoms with Gasteiger partial charge in [0.15, 0.2) is 0 Å². The highest BCUT2D eigenvalue weighted by Gasteiger charge is 2.39. The molecule has 1 fully saturated rings. The third-order valence-corrected chi connectivity index (χ3v) is 6.11. The van der Waals surface area contributed by atoms with Crippen molar-refractivity contribution in [1.29, 1.82) is 5.26 Å². The summed E-state index contributed by atoms with van der Waals surface area (Å²) in [5.74, 6) is 1.37. The summed E-state index contributed by atoms with van der Waals surface area (Å²) in [6, 6.07) is 7.96. The van der Waals surface area contributed by atoms with Crippen LogP contribution in [0.2, 0.25) is 0 Å². The Balaban J connectivity index is 1.50. The van der Waals surface area contributed by atoms with Crippen LogP contribution in [-0.2, 0) is 13.0 Å². The van der Waals surface area contributed by atoms with E-state index in [2.05, 4.69) is 28.3 Å². The number of fused-ring (bicyclic) bond motifs is 2. The molecule has 5 rings (SSSR count). The van der Waals surface area contributed by atoms with E-state index in [-0.39, 0.29) is 5.54 Å². The molecule has 1 aliphatic heterocycles. The molecule has 2 aromatic heterocycles. The van der Waals surface area contributed by atoms with Crippen molar-refractivity contribution in [3.8, 4) is 6.07 Å². The lowest BCUT2D eigenvalue weighted by Crippen LogP contribution is -2.34. The first-order chi connectivity index (χ1) is 14.0. The maximum atomic E-state index is 11.3. The molecule has 29 heavy (non-hydrogen) atoms. The molecule has 0 radical (unpaired) electrons. The second-order valence-electron chi connectivity index (χ2n) is 8.35. The number of nitrogens with zero attached hydrogens (tertiary/aromatic N) is 4. The Morgan fingerprint density at radius 1 is 1.31 bits per heavy atom. The number of hydrogen-bond donors (Lipinski definition) is 2. The van der Waals surface area contributed by atoms with E-state index in [4.69, 9.17) is 9.68 Å². The lowest BCUT2D eigenvalue weighted by atomic mass is 9.96. The highest BCUT2D eigenvalue weighted by atomic mass is 16.3. The molecule has 1 aliphatic carbocycles. The highest BCUT2D eigenvalue weighted by molar-refractivity contribution is 5.90. The Morgan fingerprint density at radius 3 is 2.90 bits per heavy atom. The van der Waals surface area contributed by atoms with Gasteiger partial charge in [-0.25, -0.2) is 9.97 Å². The van der Waals surface area contributed by atoms with Crippen LogP contribution in [0.4, 0.5) is 5.82 Å². The van der Waals surface area contributed by atoms with E-state index < -0.39 is 6.23 Å². The molecule has 3 heterocycles. The number of aryl methyl sites for hydroxylation is 1. The van der Waals surface area contributed by atoms with Gasteiger partial charge in [0.1, 0.15) is 24.1 Å². The van der Waals surface area contributed by atoms with E-state index >= 15 is 0 Å². The summed E-state index contributed by atoms with van der Waals surface area (Å²) in [7, 11) is 0. The SMILES string of the molecule is Cc1oc2ncnc(NC3(C)CC3)c2c1C(O)N1CCc2cc(C#N)ccc2C1. The zero-order valence-electron chi connectivity index (χ0n) is 16.6. The third-order valence-electron chi connectivity index (χ3n) is 6.11. The summed E-state index contributed by atoms with van der Waals surface area (Å²) in [5.41, 5.74) is 4.26. The predicted octanol–water partition coefficient (Wildman–Crippen LogP) is 3.42. The minimum atomic E-state index is -0.821. The van der Waals surface area contributed by atoms with Gasteiger partial charge in [-0.3, -0.25) is 4.90 Å². The summed E-state index contributed by atoms with van der Waals surface area (Å²) in [6.07, 6.45) is 3.66. The quantitative estimate of drug-likeness (QED) is 0.705. The van der Waals surface area contributed by atoms with Gasteiger partial charge in [-0.05, 0) is 56.4 Å². The Bertz CT molecular complexity index is 1140. The van der Waals surface area contributed by atoms with Gasteiger partial charge in [-0.2, -0.15) is 5.26 Å². The Kier molecular flexibility index (Phi) is 4.09. The van der Waals surface area contributed by atoms with Crippen LogP contribution >= 0.6 is 0 Å². The van der Waals surface area contributed by atoms with Crippen molar-refractivity contribution in [3.63, 3.8) is 0 Å². The number of furan rings is 1. The maximum absolute atomic E-state index is 11.3. The molecule has 1 aromatic carbocycles. The van der Waals surface area contributed by atoms with Gasteiger partial charge in [0, 0.05) is 24.2 Å². The summed E-state index contributed by atoms with van der Waals surface area (Å²) in [6.45, 7) is 5.34. The molecule has 0 amide bonds. The van der Waals surface area contributed by atoms with Gasteiger partial charge in [-0.15, -0.1) is 0 Å². The molecule has 1 unspecified atom stereocenters. The largest absolute Gasteiger partial charge is 0.442 e. The minimum absolute atomic E-state index is 0.0528. The number of hydrogen-bond acceptors (Lipinski definition) is 7. The fourth-order valence-electron chi connectivity index (χ4n) is 4.11. The molecule has 0 saturated heterocycles. The minimum Gasteiger partial charge on any atom is -0.442 e. The van der Waals surface area contributed by atoms with Gasteiger partial charge in [0.25, 0.3) is 0 Å². The van der Waals surface area contributed by atoms with Gasteiger partial charge in [0.05, 0.1) is 17.0 Å². The third kappa shape index (κ3) is 3.15. The van der Waals surface area contributed by atoms with Crippen molar-refractivity contribution in [2.24, 2.45) is 0 Å². The van der Waals surface area contributed by atoms with Crippen LogP contribution in [0.1, 0.15) is 54.0 Å². The second-order valence-corrected chi connectivity index (χ2v) is 8.35. The standard InChI is InChI=1S/C22H23N5O2/c1-13-17(18-19(26-22(2)6-7-22)24-12-25-20(18)29-13)21(28)27-8-5-15-9-14(10-23)3-4-16(15)11-27/h3-4,9,12,21,28H,5-8,11H2,1-2H3,(H,24,25,26). The van der Waals surface area contributed by atoms with Crippen molar-refractivity contribution in [2.45, 2.75) is 51.4 Å². The van der Waals surface area contributed by atoms with Crippen LogP contribution < -0.4 is 5.32 Å². The van der Waals surface area contributed by atoms with Crippen molar-refractivity contribution in [3.05, 3.63) is 52.5 Å². The first-order valence-electron chi connectivity index (χ1n) is 9.94. The smallest absolute Gasteiger partial charge is 0.231 e. The van der Waals surface area contributed by atoms with Crippen LogP contribution in [0.3, 0.4) is 0 Å². The molecule has 7 heteroatoms. The molecule has 0 spiro atoms. The molecule has 0 bridgehead atoms. The van der Waals surface area contributed by atoms with E-state index in [0.29, 0.717) is 30.1 Å². The molecule has 7 nitrogen and oxygen atoms in total. The molecule has 1 atom stereocenters. The molecule has 3 aromatic rings. The topological polar surface area (TPSA) is 98.2 Å². The lowest BCUT2D eigenvalue weighted by Gasteiger charge is -2.32. The zero-order valence-corrected chi connectivity index (χ0v) is 16.6. The fourth-order valence-corrected chi connectivity index (χ4v) is 4.11. The zero-order chi connectivity index (χ0) is 20.2. The number of nitriles is 1. The summed E-state index contributed by atoms with van der Waals surface area (Å²) in [5, 5.41) is 24.7. The first kappa shape index (κ1) is 18.1. The van der Waals surface area contributed by atoms with Crippen LogP contribution in [0.5, 0.6) is 0 Å². The maximum Gasteiger partial charge on any atom is 0.231 e. The average Bonchev–Trinajstić information content (AvgIpc) is 3.34. The Hall–Kier alpha value is -2.95. The van der Waals surface area contributed by atoms with E-state index in [0.717, 1.165) is 41.6 Å².